The van der Waals surface area contributed by atoms with Crippen LogP contribution in [0.2, 0.25) is 0 Å². The highest BCUT2D eigenvalue weighted by Crippen LogP contribution is 2.17. The molecule has 0 radical (unpaired) electrons. The number of hydrogen-bond donors (Lipinski definition) is 2. The highest BCUT2D eigenvalue weighted by molar-refractivity contribution is 7.89. The molecular weight excluding hydrogens is 302 g/mol. The van der Waals surface area contributed by atoms with Gasteiger partial charge in [0.05, 0.1) is 11.4 Å². The monoisotopic (exact) mass is 325 g/mol. The van der Waals surface area contributed by atoms with Gasteiger partial charge < -0.3 is 10.6 Å². The molecule has 1 aromatic carbocycles. The molecule has 0 spiro atoms. The minimum atomic E-state index is -3.64. The zero-order valence-electron chi connectivity index (χ0n) is 13.2. The van der Waals surface area contributed by atoms with Crippen LogP contribution in [-0.4, -0.2) is 51.9 Å². The van der Waals surface area contributed by atoms with Crippen molar-refractivity contribution >= 4 is 15.9 Å². The first-order chi connectivity index (χ1) is 10.3. The Morgan fingerprint density at radius 2 is 2.00 bits per heavy atom. The number of carbonyl (C=O) groups is 1. The van der Waals surface area contributed by atoms with E-state index in [2.05, 4.69) is 10.6 Å². The van der Waals surface area contributed by atoms with Crippen LogP contribution in [0.4, 0.5) is 0 Å². The lowest BCUT2D eigenvalue weighted by Crippen LogP contribution is -2.49. The molecule has 1 amide bonds. The molecular formula is C15H23N3O3S. The van der Waals surface area contributed by atoms with Gasteiger partial charge in [0.15, 0.2) is 0 Å². The molecule has 2 N–H and O–H groups in total. The Bertz CT molecular complexity index is 654. The van der Waals surface area contributed by atoms with Crippen molar-refractivity contribution in [2.24, 2.45) is 5.92 Å². The highest BCUT2D eigenvalue weighted by atomic mass is 32.2. The first kappa shape index (κ1) is 16.9. The predicted octanol–water partition coefficient (Wildman–Crippen LogP) is 0.260. The van der Waals surface area contributed by atoms with Crippen LogP contribution in [0.15, 0.2) is 23.1 Å². The molecule has 1 aliphatic heterocycles. The Morgan fingerprint density at radius 1 is 1.32 bits per heavy atom. The molecule has 0 aromatic heterocycles. The summed E-state index contributed by atoms with van der Waals surface area (Å²) in [6.07, 6.45) is 0. The van der Waals surface area contributed by atoms with E-state index in [1.165, 1.54) is 7.05 Å². The van der Waals surface area contributed by atoms with Crippen molar-refractivity contribution in [2.75, 3.05) is 33.2 Å². The van der Waals surface area contributed by atoms with Gasteiger partial charge in [0.25, 0.3) is 0 Å². The fraction of sp³-hybridized carbons (Fsp3) is 0.533. The lowest BCUT2D eigenvalue weighted by Gasteiger charge is -2.27. The van der Waals surface area contributed by atoms with Gasteiger partial charge in [-0.25, -0.2) is 8.42 Å². The van der Waals surface area contributed by atoms with E-state index in [4.69, 9.17) is 0 Å². The zero-order valence-corrected chi connectivity index (χ0v) is 14.0. The summed E-state index contributed by atoms with van der Waals surface area (Å²) in [6.45, 7) is 6.01. The topological polar surface area (TPSA) is 78.5 Å². The molecule has 0 atom stereocenters. The molecule has 1 fully saturated rings. The molecule has 2 rings (SSSR count). The van der Waals surface area contributed by atoms with Crippen molar-refractivity contribution in [3.05, 3.63) is 29.3 Å². The van der Waals surface area contributed by atoms with Crippen molar-refractivity contribution in [3.8, 4) is 0 Å². The van der Waals surface area contributed by atoms with Crippen LogP contribution in [0.1, 0.15) is 11.1 Å². The van der Waals surface area contributed by atoms with E-state index >= 15 is 0 Å². The predicted molar refractivity (Wildman–Crippen MR) is 85.1 cm³/mol. The second kappa shape index (κ2) is 6.76. The van der Waals surface area contributed by atoms with E-state index in [9.17, 15) is 13.2 Å². The molecule has 122 valence electrons. The summed E-state index contributed by atoms with van der Waals surface area (Å²) in [6, 6.07) is 4.99. The molecule has 7 heteroatoms. The Kier molecular flexibility index (Phi) is 5.20. The van der Waals surface area contributed by atoms with E-state index in [0.29, 0.717) is 12.5 Å². The van der Waals surface area contributed by atoms with Gasteiger partial charge in [0, 0.05) is 32.6 Å². The van der Waals surface area contributed by atoms with Crippen LogP contribution >= 0.6 is 0 Å². The van der Waals surface area contributed by atoms with Crippen LogP contribution in [0.3, 0.4) is 0 Å². The summed E-state index contributed by atoms with van der Waals surface area (Å²) in [5.41, 5.74) is 1.95. The van der Waals surface area contributed by atoms with E-state index < -0.39 is 10.0 Å². The van der Waals surface area contributed by atoms with Gasteiger partial charge >= 0.3 is 0 Å². The molecule has 1 aromatic rings. The van der Waals surface area contributed by atoms with Crippen molar-refractivity contribution < 1.29 is 13.2 Å². The summed E-state index contributed by atoms with van der Waals surface area (Å²) < 4.78 is 26.0. The largest absolute Gasteiger partial charge is 0.355 e. The number of aryl methyl sites for hydroxylation is 2. The first-order valence-electron chi connectivity index (χ1n) is 7.31. The lowest BCUT2D eigenvalue weighted by atomic mass is 10.0. The summed E-state index contributed by atoms with van der Waals surface area (Å²) in [4.78, 5) is 12.1. The Hall–Kier alpha value is -1.44. The minimum absolute atomic E-state index is 0.171. The average Bonchev–Trinajstić information content (AvgIpc) is 2.39. The number of nitrogens with one attached hydrogen (secondary N) is 2. The third-order valence-electron chi connectivity index (χ3n) is 4.01. The zero-order chi connectivity index (χ0) is 16.3. The standard InChI is InChI=1S/C15H23N3O3S/c1-11-4-5-14(6-12(11)2)22(20,21)18(3)10-15(19)17-9-13-7-16-8-13/h4-6,13,16H,7-10H2,1-3H3,(H,17,19). The molecule has 22 heavy (non-hydrogen) atoms. The van der Waals surface area contributed by atoms with Crippen molar-refractivity contribution in [1.82, 2.24) is 14.9 Å². The number of carbonyl (C=O) groups excluding carboxylic acids is 1. The Labute approximate surface area is 131 Å². The first-order valence-corrected chi connectivity index (χ1v) is 8.75. The van der Waals surface area contributed by atoms with Crippen molar-refractivity contribution in [3.63, 3.8) is 0 Å². The molecule has 6 nitrogen and oxygen atoms in total. The molecule has 0 aliphatic carbocycles. The number of sulfonamides is 1. The number of hydrogen-bond acceptors (Lipinski definition) is 4. The summed E-state index contributed by atoms with van der Waals surface area (Å²) in [7, 11) is -2.22. The van der Waals surface area contributed by atoms with Gasteiger partial charge in [-0.2, -0.15) is 4.31 Å². The Morgan fingerprint density at radius 3 is 2.55 bits per heavy atom. The van der Waals surface area contributed by atoms with Gasteiger partial charge in [0.1, 0.15) is 0 Å². The number of likely N-dealkylation sites (N-methyl/N-ethyl adjacent to an activating group) is 1. The van der Waals surface area contributed by atoms with E-state index in [1.807, 2.05) is 13.8 Å². The number of benzene rings is 1. The normalized spacial score (nSPS) is 15.6. The van der Waals surface area contributed by atoms with Gasteiger partial charge in [-0.15, -0.1) is 0 Å². The molecule has 0 bridgehead atoms. The van der Waals surface area contributed by atoms with Gasteiger partial charge in [-0.3, -0.25) is 4.79 Å². The number of rotatable bonds is 6. The van der Waals surface area contributed by atoms with Crippen LogP contribution in [-0.2, 0) is 14.8 Å². The van der Waals surface area contributed by atoms with Gasteiger partial charge in [-0.1, -0.05) is 6.07 Å². The third-order valence-corrected chi connectivity index (χ3v) is 5.81. The lowest BCUT2D eigenvalue weighted by molar-refractivity contribution is -0.121. The van der Waals surface area contributed by atoms with Gasteiger partial charge in [0.2, 0.25) is 15.9 Å². The van der Waals surface area contributed by atoms with E-state index in [1.54, 1.807) is 18.2 Å². The third kappa shape index (κ3) is 3.85. The van der Waals surface area contributed by atoms with Gasteiger partial charge in [-0.05, 0) is 37.1 Å². The highest BCUT2D eigenvalue weighted by Gasteiger charge is 2.24. The smallest absolute Gasteiger partial charge is 0.243 e. The Balaban J connectivity index is 1.98. The maximum absolute atomic E-state index is 12.5. The molecule has 1 saturated heterocycles. The molecule has 1 heterocycles. The molecule has 0 unspecified atom stereocenters. The number of nitrogens with zero attached hydrogens (tertiary/aromatic N) is 1. The number of amides is 1. The van der Waals surface area contributed by atoms with Crippen molar-refractivity contribution in [1.29, 1.82) is 0 Å². The average molecular weight is 325 g/mol. The maximum atomic E-state index is 12.5. The van der Waals surface area contributed by atoms with Crippen LogP contribution < -0.4 is 10.6 Å². The molecule has 1 aliphatic rings. The summed E-state index contributed by atoms with van der Waals surface area (Å²) in [5, 5.41) is 5.90. The minimum Gasteiger partial charge on any atom is -0.355 e. The van der Waals surface area contributed by atoms with Crippen LogP contribution in [0.5, 0.6) is 0 Å². The maximum Gasteiger partial charge on any atom is 0.243 e. The van der Waals surface area contributed by atoms with Crippen LogP contribution in [0.25, 0.3) is 0 Å². The SMILES string of the molecule is Cc1ccc(S(=O)(=O)N(C)CC(=O)NCC2CNC2)cc1C. The quantitative estimate of drug-likeness (QED) is 0.786. The fourth-order valence-electron chi connectivity index (χ4n) is 2.15. The second-order valence-corrected chi connectivity index (χ2v) is 7.88. The van der Waals surface area contributed by atoms with E-state index in [0.717, 1.165) is 28.5 Å². The fourth-order valence-corrected chi connectivity index (χ4v) is 3.36. The van der Waals surface area contributed by atoms with Crippen LogP contribution in [0, 0.1) is 19.8 Å². The summed E-state index contributed by atoms with van der Waals surface area (Å²) in [5.74, 6) is 0.174. The molecule has 0 saturated carbocycles. The van der Waals surface area contributed by atoms with E-state index in [-0.39, 0.29) is 17.3 Å². The second-order valence-electron chi connectivity index (χ2n) is 5.84. The van der Waals surface area contributed by atoms with Crippen molar-refractivity contribution in [2.45, 2.75) is 18.7 Å². The summed E-state index contributed by atoms with van der Waals surface area (Å²) >= 11 is 0.